The van der Waals surface area contributed by atoms with Crippen LogP contribution in [-0.2, 0) is 0 Å². The largest absolute Gasteiger partial charge is 0.391 e. The Kier molecular flexibility index (Phi) is 5.09. The monoisotopic (exact) mass is 251 g/mol. The molecular formula is C13H21N3O2. The number of aromatic nitrogens is 1. The molecule has 5 heteroatoms. The fourth-order valence-electron chi connectivity index (χ4n) is 1.46. The molecule has 0 saturated carbocycles. The normalized spacial score (nSPS) is 12.3. The number of pyridine rings is 1. The molecule has 18 heavy (non-hydrogen) atoms. The second kappa shape index (κ2) is 6.35. The van der Waals surface area contributed by atoms with Gasteiger partial charge in [-0.3, -0.25) is 4.79 Å². The van der Waals surface area contributed by atoms with Crippen LogP contribution in [0.5, 0.6) is 0 Å². The number of hydrogen-bond acceptors (Lipinski definition) is 4. The molecular weight excluding hydrogens is 230 g/mol. The minimum Gasteiger partial charge on any atom is -0.391 e. The zero-order valence-electron chi connectivity index (χ0n) is 11.3. The van der Waals surface area contributed by atoms with Crippen LogP contribution in [0.15, 0.2) is 18.3 Å². The van der Waals surface area contributed by atoms with Gasteiger partial charge in [-0.15, -0.1) is 0 Å². The van der Waals surface area contributed by atoms with E-state index in [-0.39, 0.29) is 18.4 Å². The van der Waals surface area contributed by atoms with Crippen LogP contribution in [0.4, 0.5) is 5.82 Å². The van der Waals surface area contributed by atoms with Gasteiger partial charge >= 0.3 is 0 Å². The highest BCUT2D eigenvalue weighted by Gasteiger charge is 2.15. The molecule has 1 amide bonds. The van der Waals surface area contributed by atoms with Crippen molar-refractivity contribution in [2.75, 3.05) is 25.5 Å². The lowest BCUT2D eigenvalue weighted by Gasteiger charge is -2.18. The van der Waals surface area contributed by atoms with Crippen LogP contribution in [0.2, 0.25) is 0 Å². The van der Waals surface area contributed by atoms with Crippen LogP contribution >= 0.6 is 0 Å². The topological polar surface area (TPSA) is 65.5 Å². The van der Waals surface area contributed by atoms with Crippen LogP contribution in [-0.4, -0.2) is 42.7 Å². The first-order chi connectivity index (χ1) is 8.43. The summed E-state index contributed by atoms with van der Waals surface area (Å²) >= 11 is 0. The summed E-state index contributed by atoms with van der Waals surface area (Å²) in [6.07, 6.45) is 1.11. The Bertz CT molecular complexity index is 405. The van der Waals surface area contributed by atoms with Crippen molar-refractivity contribution in [3.05, 3.63) is 23.9 Å². The van der Waals surface area contributed by atoms with E-state index in [9.17, 15) is 9.90 Å². The van der Waals surface area contributed by atoms with Gasteiger partial charge < -0.3 is 15.3 Å². The summed E-state index contributed by atoms with van der Waals surface area (Å²) in [5.41, 5.74) is 0.512. The molecule has 0 radical (unpaired) electrons. The van der Waals surface area contributed by atoms with Crippen molar-refractivity contribution in [2.24, 2.45) is 5.92 Å². The summed E-state index contributed by atoms with van der Waals surface area (Å²) in [6.45, 7) is 4.07. The lowest BCUT2D eigenvalue weighted by atomic mass is 10.1. The van der Waals surface area contributed by atoms with Gasteiger partial charge in [0.15, 0.2) is 0 Å². The van der Waals surface area contributed by atoms with Gasteiger partial charge in [-0.25, -0.2) is 4.98 Å². The molecule has 0 spiro atoms. The molecule has 0 saturated heterocycles. The smallest absolute Gasteiger partial charge is 0.255 e. The Labute approximate surface area is 108 Å². The van der Waals surface area contributed by atoms with E-state index in [0.29, 0.717) is 11.4 Å². The fraction of sp³-hybridized carbons (Fsp3) is 0.538. The predicted octanol–water partition coefficient (Wildman–Crippen LogP) is 0.894. The van der Waals surface area contributed by atoms with Gasteiger partial charge in [0.05, 0.1) is 11.7 Å². The third-order valence-electron chi connectivity index (χ3n) is 2.70. The number of aliphatic hydroxyl groups is 1. The van der Waals surface area contributed by atoms with Crippen LogP contribution in [0.25, 0.3) is 0 Å². The van der Waals surface area contributed by atoms with E-state index in [1.54, 1.807) is 23.2 Å². The van der Waals surface area contributed by atoms with Gasteiger partial charge in [0, 0.05) is 26.8 Å². The van der Waals surface area contributed by atoms with Crippen LogP contribution in [0.1, 0.15) is 24.2 Å². The zero-order valence-corrected chi connectivity index (χ0v) is 11.3. The maximum Gasteiger partial charge on any atom is 0.255 e. The first-order valence-electron chi connectivity index (χ1n) is 6.02. The molecule has 100 valence electrons. The van der Waals surface area contributed by atoms with E-state index in [1.165, 1.54) is 0 Å². The molecule has 0 aliphatic heterocycles. The van der Waals surface area contributed by atoms with Gasteiger partial charge in [-0.05, 0) is 18.1 Å². The molecule has 1 aromatic heterocycles. The average molecular weight is 251 g/mol. The maximum absolute atomic E-state index is 12.0. The van der Waals surface area contributed by atoms with Gasteiger partial charge in [0.2, 0.25) is 0 Å². The van der Waals surface area contributed by atoms with Crippen LogP contribution in [0.3, 0.4) is 0 Å². The average Bonchev–Trinajstić information content (AvgIpc) is 2.35. The molecule has 1 rings (SSSR count). The molecule has 0 aromatic carbocycles. The van der Waals surface area contributed by atoms with Crippen LogP contribution in [0, 0.1) is 5.92 Å². The third-order valence-corrected chi connectivity index (χ3v) is 2.70. The van der Waals surface area contributed by atoms with Crippen LogP contribution < -0.4 is 10.2 Å². The predicted molar refractivity (Wildman–Crippen MR) is 71.7 cm³/mol. The SMILES string of the molecule is CC(C)C(O)CNC(=O)c1cccnc1N(C)C. The first kappa shape index (κ1) is 14.4. The second-order valence-corrected chi connectivity index (χ2v) is 4.79. The molecule has 5 nitrogen and oxygen atoms in total. The Morgan fingerprint density at radius 2 is 2.17 bits per heavy atom. The third kappa shape index (κ3) is 3.70. The quantitative estimate of drug-likeness (QED) is 0.816. The number of amides is 1. The van der Waals surface area contributed by atoms with Crippen molar-refractivity contribution in [1.82, 2.24) is 10.3 Å². The Morgan fingerprint density at radius 1 is 1.50 bits per heavy atom. The van der Waals surface area contributed by atoms with Gasteiger partial charge in [0.1, 0.15) is 5.82 Å². The Morgan fingerprint density at radius 3 is 2.72 bits per heavy atom. The van der Waals surface area contributed by atoms with E-state index >= 15 is 0 Å². The number of anilines is 1. The Hall–Kier alpha value is -1.62. The number of nitrogens with one attached hydrogen (secondary N) is 1. The highest BCUT2D eigenvalue weighted by molar-refractivity contribution is 5.98. The standard InChI is InChI=1S/C13H21N3O2/c1-9(2)11(17)8-15-13(18)10-6-5-7-14-12(10)16(3)4/h5-7,9,11,17H,8H2,1-4H3,(H,15,18). The van der Waals surface area contributed by atoms with Gasteiger partial charge in [-0.1, -0.05) is 13.8 Å². The summed E-state index contributed by atoms with van der Waals surface area (Å²) in [4.78, 5) is 18.0. The maximum atomic E-state index is 12.0. The van der Waals surface area contributed by atoms with E-state index in [0.717, 1.165) is 0 Å². The molecule has 0 bridgehead atoms. The second-order valence-electron chi connectivity index (χ2n) is 4.79. The number of carbonyl (C=O) groups is 1. The molecule has 0 fully saturated rings. The highest BCUT2D eigenvalue weighted by Crippen LogP contribution is 2.14. The van der Waals surface area contributed by atoms with Crippen molar-refractivity contribution in [2.45, 2.75) is 20.0 Å². The number of hydrogen-bond donors (Lipinski definition) is 2. The minimum absolute atomic E-state index is 0.118. The molecule has 1 heterocycles. The van der Waals surface area contributed by atoms with Crippen molar-refractivity contribution < 1.29 is 9.90 Å². The van der Waals surface area contributed by atoms with E-state index < -0.39 is 6.10 Å². The molecule has 2 N–H and O–H groups in total. The zero-order chi connectivity index (χ0) is 13.7. The molecule has 0 aliphatic rings. The summed E-state index contributed by atoms with van der Waals surface area (Å²) in [5, 5.41) is 12.4. The molecule has 1 aromatic rings. The fourth-order valence-corrected chi connectivity index (χ4v) is 1.46. The van der Waals surface area contributed by atoms with Crippen molar-refractivity contribution in [3.8, 4) is 0 Å². The number of carbonyl (C=O) groups excluding carboxylic acids is 1. The molecule has 1 unspecified atom stereocenters. The van der Waals surface area contributed by atoms with E-state index in [1.807, 2.05) is 27.9 Å². The lowest BCUT2D eigenvalue weighted by Crippen LogP contribution is -2.35. The van der Waals surface area contributed by atoms with Crippen molar-refractivity contribution in [1.29, 1.82) is 0 Å². The number of nitrogens with zero attached hydrogens (tertiary/aromatic N) is 2. The highest BCUT2D eigenvalue weighted by atomic mass is 16.3. The van der Waals surface area contributed by atoms with Crippen molar-refractivity contribution in [3.63, 3.8) is 0 Å². The summed E-state index contributed by atoms with van der Waals surface area (Å²) in [5.74, 6) is 0.521. The summed E-state index contributed by atoms with van der Waals surface area (Å²) in [7, 11) is 3.67. The minimum atomic E-state index is -0.534. The first-order valence-corrected chi connectivity index (χ1v) is 6.02. The van der Waals surface area contributed by atoms with Gasteiger partial charge in [0.25, 0.3) is 5.91 Å². The van der Waals surface area contributed by atoms with E-state index in [4.69, 9.17) is 0 Å². The summed E-state index contributed by atoms with van der Waals surface area (Å²) < 4.78 is 0. The lowest BCUT2D eigenvalue weighted by molar-refractivity contribution is 0.0872. The van der Waals surface area contributed by atoms with Crippen molar-refractivity contribution >= 4 is 11.7 Å². The number of rotatable bonds is 5. The Balaban J connectivity index is 2.73. The van der Waals surface area contributed by atoms with E-state index in [2.05, 4.69) is 10.3 Å². The summed E-state index contributed by atoms with van der Waals surface area (Å²) in [6, 6.07) is 3.44. The molecule has 1 atom stereocenters. The van der Waals surface area contributed by atoms with Gasteiger partial charge in [-0.2, -0.15) is 0 Å². The number of aliphatic hydroxyl groups excluding tert-OH is 1. The molecule has 0 aliphatic carbocycles.